The fourth-order valence-corrected chi connectivity index (χ4v) is 3.04. The lowest BCUT2D eigenvalue weighted by Crippen LogP contribution is -2.53. The van der Waals surface area contributed by atoms with Gasteiger partial charge in [-0.15, -0.1) is 6.58 Å². The molecular formula is C22H19FN2O4S. The van der Waals surface area contributed by atoms with Gasteiger partial charge in [0, 0.05) is 6.54 Å². The van der Waals surface area contributed by atoms with Crippen LogP contribution in [0.15, 0.2) is 60.7 Å². The van der Waals surface area contributed by atoms with Crippen molar-refractivity contribution in [2.24, 2.45) is 0 Å². The maximum atomic E-state index is 13.0. The van der Waals surface area contributed by atoms with E-state index >= 15 is 0 Å². The molecule has 2 amide bonds. The molecule has 0 aromatic heterocycles. The molecule has 0 aliphatic carbocycles. The first-order chi connectivity index (χ1) is 14.4. The third-order valence-electron chi connectivity index (χ3n) is 4.30. The Labute approximate surface area is 178 Å². The Kier molecular flexibility index (Phi) is 6.58. The molecule has 6 nitrogen and oxygen atoms in total. The van der Waals surface area contributed by atoms with E-state index in [2.05, 4.69) is 11.9 Å². The third kappa shape index (κ3) is 4.72. The van der Waals surface area contributed by atoms with Crippen molar-refractivity contribution in [3.8, 4) is 11.5 Å². The number of nitrogens with zero attached hydrogens (tertiary/aromatic N) is 1. The molecule has 1 fully saturated rings. The first-order valence-corrected chi connectivity index (χ1v) is 9.39. The van der Waals surface area contributed by atoms with Gasteiger partial charge in [-0.25, -0.2) is 4.39 Å². The Morgan fingerprint density at radius 1 is 1.17 bits per heavy atom. The van der Waals surface area contributed by atoms with Crippen LogP contribution in [0.5, 0.6) is 11.5 Å². The van der Waals surface area contributed by atoms with Crippen molar-refractivity contribution in [1.29, 1.82) is 0 Å². The quantitative estimate of drug-likeness (QED) is 0.319. The van der Waals surface area contributed by atoms with Crippen molar-refractivity contribution >= 4 is 35.2 Å². The van der Waals surface area contributed by atoms with E-state index in [4.69, 9.17) is 21.7 Å². The van der Waals surface area contributed by atoms with Crippen LogP contribution in [0.3, 0.4) is 0 Å². The number of thiocarbonyl (C=S) groups is 1. The summed E-state index contributed by atoms with van der Waals surface area (Å²) in [5, 5.41) is 2.54. The minimum atomic E-state index is -0.569. The number of methoxy groups -OCH3 is 1. The molecule has 154 valence electrons. The van der Waals surface area contributed by atoms with Crippen molar-refractivity contribution in [2.45, 2.75) is 6.61 Å². The minimum Gasteiger partial charge on any atom is -0.493 e. The number of carbonyl (C=O) groups is 2. The highest BCUT2D eigenvalue weighted by atomic mass is 32.1. The second kappa shape index (κ2) is 9.32. The lowest BCUT2D eigenvalue weighted by Gasteiger charge is -2.27. The van der Waals surface area contributed by atoms with E-state index in [0.29, 0.717) is 17.1 Å². The minimum absolute atomic E-state index is 0.0455. The van der Waals surface area contributed by atoms with Gasteiger partial charge in [0.2, 0.25) is 0 Å². The summed E-state index contributed by atoms with van der Waals surface area (Å²) in [5.74, 6) is -0.492. The van der Waals surface area contributed by atoms with Crippen LogP contribution in [0, 0.1) is 5.82 Å². The van der Waals surface area contributed by atoms with Gasteiger partial charge < -0.3 is 9.47 Å². The molecule has 1 saturated heterocycles. The predicted molar refractivity (Wildman–Crippen MR) is 114 cm³/mol. The molecular weight excluding hydrogens is 407 g/mol. The van der Waals surface area contributed by atoms with Crippen LogP contribution >= 0.6 is 12.2 Å². The van der Waals surface area contributed by atoms with E-state index in [0.717, 1.165) is 5.56 Å². The largest absolute Gasteiger partial charge is 0.493 e. The number of hydrogen-bond acceptors (Lipinski definition) is 5. The van der Waals surface area contributed by atoms with Crippen molar-refractivity contribution in [3.05, 3.63) is 77.6 Å². The molecule has 30 heavy (non-hydrogen) atoms. The standard InChI is InChI=1S/C22H19FN2O4S/c1-3-10-25-21(27)17(20(26)24-22(25)30)11-15-6-9-18(19(12-15)28-2)29-13-14-4-7-16(23)8-5-14/h3-9,11-12H,1,10,13H2,2H3,(H,24,26,30)/b17-11-. The van der Waals surface area contributed by atoms with Gasteiger partial charge in [-0.05, 0) is 53.7 Å². The van der Waals surface area contributed by atoms with Gasteiger partial charge in [-0.2, -0.15) is 0 Å². The van der Waals surface area contributed by atoms with Crippen molar-refractivity contribution in [2.75, 3.05) is 13.7 Å². The normalized spacial score (nSPS) is 15.2. The summed E-state index contributed by atoms with van der Waals surface area (Å²) in [6.07, 6.45) is 2.98. The second-order valence-electron chi connectivity index (χ2n) is 6.35. The van der Waals surface area contributed by atoms with Gasteiger partial charge in [0.1, 0.15) is 18.0 Å². The highest BCUT2D eigenvalue weighted by molar-refractivity contribution is 7.80. The first kappa shape index (κ1) is 21.2. The maximum absolute atomic E-state index is 13.0. The van der Waals surface area contributed by atoms with Gasteiger partial charge in [-0.1, -0.05) is 24.3 Å². The summed E-state index contributed by atoms with van der Waals surface area (Å²) in [6.45, 7) is 4.01. The molecule has 1 N–H and O–H groups in total. The van der Waals surface area contributed by atoms with Crippen molar-refractivity contribution in [3.63, 3.8) is 0 Å². The number of hydrogen-bond donors (Lipinski definition) is 1. The van der Waals surface area contributed by atoms with Crippen LogP contribution in [0.4, 0.5) is 4.39 Å². The monoisotopic (exact) mass is 426 g/mol. The third-order valence-corrected chi connectivity index (χ3v) is 4.63. The van der Waals surface area contributed by atoms with Gasteiger partial charge >= 0.3 is 0 Å². The fourth-order valence-electron chi connectivity index (χ4n) is 2.79. The predicted octanol–water partition coefficient (Wildman–Crippen LogP) is 3.23. The number of halogens is 1. The fraction of sp³-hybridized carbons (Fsp3) is 0.136. The lowest BCUT2D eigenvalue weighted by atomic mass is 10.1. The molecule has 0 unspecified atom stereocenters. The first-order valence-electron chi connectivity index (χ1n) is 8.98. The molecule has 0 atom stereocenters. The molecule has 0 saturated carbocycles. The van der Waals surface area contributed by atoms with E-state index in [-0.39, 0.29) is 29.7 Å². The van der Waals surface area contributed by atoms with E-state index in [1.54, 1.807) is 30.3 Å². The maximum Gasteiger partial charge on any atom is 0.265 e. The average molecular weight is 426 g/mol. The van der Waals surface area contributed by atoms with Gasteiger partial charge in [0.05, 0.1) is 7.11 Å². The Balaban J connectivity index is 1.82. The smallest absolute Gasteiger partial charge is 0.265 e. The molecule has 0 radical (unpaired) electrons. The number of amides is 2. The van der Waals surface area contributed by atoms with E-state index in [1.807, 2.05) is 0 Å². The Bertz CT molecular complexity index is 1030. The summed E-state index contributed by atoms with van der Waals surface area (Å²) in [6, 6.07) is 11.0. The van der Waals surface area contributed by atoms with E-state index in [9.17, 15) is 14.0 Å². The number of benzene rings is 2. The molecule has 0 bridgehead atoms. The zero-order chi connectivity index (χ0) is 21.7. The van der Waals surface area contributed by atoms with E-state index in [1.165, 1.54) is 36.3 Å². The van der Waals surface area contributed by atoms with Crippen LogP contribution in [-0.4, -0.2) is 35.5 Å². The van der Waals surface area contributed by atoms with E-state index < -0.39 is 11.8 Å². The molecule has 0 spiro atoms. The Hall–Kier alpha value is -3.52. The van der Waals surface area contributed by atoms with Crippen LogP contribution in [-0.2, 0) is 16.2 Å². The van der Waals surface area contributed by atoms with Crippen molar-refractivity contribution in [1.82, 2.24) is 10.2 Å². The summed E-state index contributed by atoms with van der Waals surface area (Å²) in [4.78, 5) is 26.1. The number of ether oxygens (including phenoxy) is 2. The van der Waals surface area contributed by atoms with Gasteiger partial charge in [-0.3, -0.25) is 19.8 Å². The average Bonchev–Trinajstić information content (AvgIpc) is 2.74. The number of rotatable bonds is 7. The van der Waals surface area contributed by atoms with Gasteiger partial charge in [0.15, 0.2) is 16.6 Å². The summed E-state index contributed by atoms with van der Waals surface area (Å²) >= 11 is 5.04. The zero-order valence-corrected chi connectivity index (χ0v) is 17.0. The molecule has 1 aliphatic heterocycles. The Morgan fingerprint density at radius 2 is 1.90 bits per heavy atom. The molecule has 8 heteroatoms. The topological polar surface area (TPSA) is 67.9 Å². The van der Waals surface area contributed by atoms with Gasteiger partial charge in [0.25, 0.3) is 11.8 Å². The molecule has 3 rings (SSSR count). The molecule has 1 aliphatic rings. The molecule has 1 heterocycles. The number of carbonyl (C=O) groups excluding carboxylic acids is 2. The highest BCUT2D eigenvalue weighted by Gasteiger charge is 2.32. The van der Waals surface area contributed by atoms with Crippen LogP contribution in [0.1, 0.15) is 11.1 Å². The summed E-state index contributed by atoms with van der Waals surface area (Å²) in [7, 11) is 1.49. The Morgan fingerprint density at radius 3 is 2.57 bits per heavy atom. The second-order valence-corrected chi connectivity index (χ2v) is 6.73. The van der Waals surface area contributed by atoms with Crippen LogP contribution < -0.4 is 14.8 Å². The van der Waals surface area contributed by atoms with Crippen LogP contribution in [0.25, 0.3) is 6.08 Å². The summed E-state index contributed by atoms with van der Waals surface area (Å²) < 4.78 is 24.1. The zero-order valence-electron chi connectivity index (χ0n) is 16.2. The molecule has 2 aromatic rings. The number of nitrogens with one attached hydrogen (secondary N) is 1. The highest BCUT2D eigenvalue weighted by Crippen LogP contribution is 2.30. The lowest BCUT2D eigenvalue weighted by molar-refractivity contribution is -0.128. The summed E-state index contributed by atoms with van der Waals surface area (Å²) in [5.41, 5.74) is 1.32. The SMILES string of the molecule is C=CCN1C(=O)/C(=C\c2ccc(OCc3ccc(F)cc3)c(OC)c2)C(=O)NC1=S. The van der Waals surface area contributed by atoms with Crippen molar-refractivity contribution < 1.29 is 23.5 Å². The molecule has 2 aromatic carbocycles. The van der Waals surface area contributed by atoms with Crippen LogP contribution in [0.2, 0.25) is 0 Å².